The molecule has 0 aliphatic rings. The number of quaternary nitrogens is 1. The Morgan fingerprint density at radius 2 is 2.07 bits per heavy atom. The van der Waals surface area contributed by atoms with Gasteiger partial charge in [-0.15, -0.1) is 0 Å². The van der Waals surface area contributed by atoms with Crippen molar-refractivity contribution in [3.8, 4) is 0 Å². The van der Waals surface area contributed by atoms with E-state index in [-0.39, 0.29) is 5.97 Å². The number of rotatable bonds is 6. The molecular formula is C11H22NO2+. The van der Waals surface area contributed by atoms with Gasteiger partial charge in [-0.2, -0.15) is 0 Å². The summed E-state index contributed by atoms with van der Waals surface area (Å²) in [5, 5.41) is 0. The molecule has 0 fully saturated rings. The molecule has 0 N–H and O–H groups in total. The summed E-state index contributed by atoms with van der Waals surface area (Å²) in [5.41, 5.74) is 0. The van der Waals surface area contributed by atoms with Crippen LogP contribution >= 0.6 is 0 Å². The number of carbonyl (C=O) groups is 1. The van der Waals surface area contributed by atoms with Gasteiger partial charge in [-0.1, -0.05) is 6.58 Å². The fourth-order valence-corrected chi connectivity index (χ4v) is 0.962. The van der Waals surface area contributed by atoms with Gasteiger partial charge in [0, 0.05) is 12.5 Å². The molecule has 82 valence electrons. The molecule has 3 nitrogen and oxygen atoms in total. The number of carbonyl (C=O) groups excluding carboxylic acids is 1. The fourth-order valence-electron chi connectivity index (χ4n) is 0.962. The molecule has 0 unspecified atom stereocenters. The molecule has 14 heavy (non-hydrogen) atoms. The molecule has 0 aliphatic carbocycles. The van der Waals surface area contributed by atoms with Crippen molar-refractivity contribution in [2.24, 2.45) is 0 Å². The second-order valence-corrected chi connectivity index (χ2v) is 4.32. The van der Waals surface area contributed by atoms with E-state index in [1.165, 1.54) is 6.08 Å². The van der Waals surface area contributed by atoms with Crippen molar-refractivity contribution in [2.75, 3.05) is 27.2 Å². The minimum atomic E-state index is -0.333. The lowest BCUT2D eigenvalue weighted by Crippen LogP contribution is -2.46. The van der Waals surface area contributed by atoms with Crippen LogP contribution in [-0.4, -0.2) is 43.7 Å². The van der Waals surface area contributed by atoms with E-state index < -0.39 is 0 Å². The van der Waals surface area contributed by atoms with Gasteiger partial charge in [0.05, 0.1) is 33.3 Å². The Kier molecular flexibility index (Phi) is 5.46. The van der Waals surface area contributed by atoms with E-state index in [1.807, 2.05) is 0 Å². The molecule has 0 amide bonds. The molecule has 0 saturated carbocycles. The molecule has 3 heteroatoms. The third-order valence-corrected chi connectivity index (χ3v) is 2.69. The SMILES string of the molecule is C=CC(=O)OCCC[N+](C)(C)C(C)C. The zero-order valence-electron chi connectivity index (χ0n) is 9.75. The highest BCUT2D eigenvalue weighted by Gasteiger charge is 2.18. The molecule has 0 aromatic carbocycles. The van der Waals surface area contributed by atoms with Gasteiger partial charge in [-0.25, -0.2) is 4.79 Å². The summed E-state index contributed by atoms with van der Waals surface area (Å²) in [6, 6.07) is 0.588. The first-order chi connectivity index (χ1) is 6.40. The van der Waals surface area contributed by atoms with E-state index in [9.17, 15) is 4.79 Å². The van der Waals surface area contributed by atoms with Crippen molar-refractivity contribution >= 4 is 5.97 Å². The van der Waals surface area contributed by atoms with E-state index in [2.05, 4.69) is 34.5 Å². The molecule has 0 aromatic heterocycles. The topological polar surface area (TPSA) is 26.3 Å². The number of hydrogen-bond acceptors (Lipinski definition) is 2. The maximum atomic E-state index is 10.7. The second-order valence-electron chi connectivity index (χ2n) is 4.32. The maximum Gasteiger partial charge on any atom is 0.330 e. The van der Waals surface area contributed by atoms with E-state index in [1.54, 1.807) is 0 Å². The average molecular weight is 200 g/mol. The maximum absolute atomic E-state index is 10.7. The molecule has 0 atom stereocenters. The molecule has 0 spiro atoms. The van der Waals surface area contributed by atoms with Crippen LogP contribution in [-0.2, 0) is 9.53 Å². The van der Waals surface area contributed by atoms with E-state index in [0.717, 1.165) is 17.4 Å². The predicted octanol–water partition coefficient (Wildman–Crippen LogP) is 1.59. The minimum Gasteiger partial charge on any atom is -0.462 e. The largest absolute Gasteiger partial charge is 0.462 e. The van der Waals surface area contributed by atoms with Crippen LogP contribution in [0.4, 0.5) is 0 Å². The number of hydrogen-bond donors (Lipinski definition) is 0. The lowest BCUT2D eigenvalue weighted by molar-refractivity contribution is -0.911. The minimum absolute atomic E-state index is 0.333. The highest BCUT2D eigenvalue weighted by molar-refractivity contribution is 5.81. The quantitative estimate of drug-likeness (QED) is 0.282. The van der Waals surface area contributed by atoms with Crippen LogP contribution in [0.15, 0.2) is 12.7 Å². The van der Waals surface area contributed by atoms with Crippen LogP contribution in [0.25, 0.3) is 0 Å². The van der Waals surface area contributed by atoms with Crippen molar-refractivity contribution in [2.45, 2.75) is 26.3 Å². The molecule has 0 heterocycles. The first kappa shape index (κ1) is 13.2. The van der Waals surface area contributed by atoms with Crippen LogP contribution in [0.2, 0.25) is 0 Å². The Morgan fingerprint density at radius 3 is 2.50 bits per heavy atom. The summed E-state index contributed by atoms with van der Waals surface area (Å²) >= 11 is 0. The Morgan fingerprint density at radius 1 is 1.50 bits per heavy atom. The second kappa shape index (κ2) is 5.81. The molecule has 0 radical (unpaired) electrons. The standard InChI is InChI=1S/C11H22NO2/c1-6-11(13)14-9-7-8-12(4,5)10(2)3/h6,10H,1,7-9H2,2-5H3/q+1. The Hall–Kier alpha value is -0.830. The van der Waals surface area contributed by atoms with Gasteiger partial charge in [0.25, 0.3) is 0 Å². The highest BCUT2D eigenvalue weighted by Crippen LogP contribution is 2.06. The average Bonchev–Trinajstić information content (AvgIpc) is 2.11. The van der Waals surface area contributed by atoms with Crippen molar-refractivity contribution in [3.05, 3.63) is 12.7 Å². The smallest absolute Gasteiger partial charge is 0.330 e. The van der Waals surface area contributed by atoms with Gasteiger partial charge in [0.15, 0.2) is 0 Å². The highest BCUT2D eigenvalue weighted by atomic mass is 16.5. The van der Waals surface area contributed by atoms with E-state index >= 15 is 0 Å². The Bertz CT molecular complexity index is 197. The van der Waals surface area contributed by atoms with Crippen molar-refractivity contribution in [1.82, 2.24) is 0 Å². The van der Waals surface area contributed by atoms with Crippen LogP contribution in [0.3, 0.4) is 0 Å². The lowest BCUT2D eigenvalue weighted by atomic mass is 10.2. The molecular weight excluding hydrogens is 178 g/mol. The van der Waals surface area contributed by atoms with Gasteiger partial charge in [-0.3, -0.25) is 0 Å². The van der Waals surface area contributed by atoms with Gasteiger partial charge in [0.2, 0.25) is 0 Å². The van der Waals surface area contributed by atoms with Gasteiger partial charge >= 0.3 is 5.97 Å². The number of ether oxygens (including phenoxy) is 1. The fraction of sp³-hybridized carbons (Fsp3) is 0.727. The summed E-state index contributed by atoms with van der Waals surface area (Å²) < 4.78 is 5.85. The molecule has 0 aliphatic heterocycles. The van der Waals surface area contributed by atoms with Gasteiger partial charge < -0.3 is 9.22 Å². The molecule has 0 bridgehead atoms. The zero-order valence-corrected chi connectivity index (χ0v) is 9.75. The summed E-state index contributed by atoms with van der Waals surface area (Å²) in [5.74, 6) is -0.333. The van der Waals surface area contributed by atoms with Crippen molar-refractivity contribution < 1.29 is 14.0 Å². The van der Waals surface area contributed by atoms with E-state index in [0.29, 0.717) is 12.6 Å². The molecule has 0 rings (SSSR count). The van der Waals surface area contributed by atoms with E-state index in [4.69, 9.17) is 4.74 Å². The van der Waals surface area contributed by atoms with Crippen LogP contribution in [0.5, 0.6) is 0 Å². The normalized spacial score (nSPS) is 11.5. The van der Waals surface area contributed by atoms with Gasteiger partial charge in [0.1, 0.15) is 0 Å². The van der Waals surface area contributed by atoms with Crippen molar-refractivity contribution in [1.29, 1.82) is 0 Å². The Balaban J connectivity index is 3.64. The predicted molar refractivity (Wildman–Crippen MR) is 57.9 cm³/mol. The number of nitrogens with zero attached hydrogens (tertiary/aromatic N) is 1. The van der Waals surface area contributed by atoms with Crippen molar-refractivity contribution in [3.63, 3.8) is 0 Å². The number of esters is 1. The van der Waals surface area contributed by atoms with Crippen LogP contribution in [0, 0.1) is 0 Å². The van der Waals surface area contributed by atoms with Gasteiger partial charge in [-0.05, 0) is 13.8 Å². The summed E-state index contributed by atoms with van der Waals surface area (Å²) in [6.45, 7) is 9.22. The summed E-state index contributed by atoms with van der Waals surface area (Å²) in [7, 11) is 4.36. The third kappa shape index (κ3) is 5.02. The first-order valence-electron chi connectivity index (χ1n) is 5.02. The van der Waals surface area contributed by atoms with Crippen LogP contribution in [0.1, 0.15) is 20.3 Å². The first-order valence-corrected chi connectivity index (χ1v) is 5.02. The summed E-state index contributed by atoms with van der Waals surface area (Å²) in [6.07, 6.45) is 2.09. The molecule has 0 aromatic rings. The molecule has 0 saturated heterocycles. The summed E-state index contributed by atoms with van der Waals surface area (Å²) in [4.78, 5) is 10.7. The lowest BCUT2D eigenvalue weighted by Gasteiger charge is -2.34. The zero-order chi connectivity index (χ0) is 11.2. The monoisotopic (exact) mass is 200 g/mol. The third-order valence-electron chi connectivity index (χ3n) is 2.69. The Labute approximate surface area is 86.9 Å². The van der Waals surface area contributed by atoms with Crippen LogP contribution < -0.4 is 0 Å².